The van der Waals surface area contributed by atoms with Crippen molar-refractivity contribution in [2.75, 3.05) is 0 Å². The van der Waals surface area contributed by atoms with Crippen LogP contribution in [0.3, 0.4) is 0 Å². The van der Waals surface area contributed by atoms with E-state index in [1.54, 1.807) is 19.1 Å². The van der Waals surface area contributed by atoms with Gasteiger partial charge < -0.3 is 5.73 Å². The van der Waals surface area contributed by atoms with Crippen molar-refractivity contribution in [2.45, 2.75) is 23.7 Å². The van der Waals surface area contributed by atoms with Crippen LogP contribution in [0.5, 0.6) is 0 Å². The highest BCUT2D eigenvalue weighted by Gasteiger charge is 2.29. The van der Waals surface area contributed by atoms with E-state index in [0.717, 1.165) is 5.56 Å². The first-order chi connectivity index (χ1) is 7.78. The highest BCUT2D eigenvalue weighted by molar-refractivity contribution is 8.00. The molecule has 0 radical (unpaired) electrons. The predicted octanol–water partition coefficient (Wildman–Crippen LogP) is 2.96. The fraction of sp³-hybridized carbons (Fsp3) is 0.364. The fourth-order valence-corrected chi connectivity index (χ4v) is 1.82. The Morgan fingerprint density at radius 2 is 1.88 bits per heavy atom. The largest absolute Gasteiger partial charge is 0.446 e. The first-order valence-electron chi connectivity index (χ1n) is 4.92. The Balaban J connectivity index is 2.65. The van der Waals surface area contributed by atoms with Gasteiger partial charge in [0.05, 0.1) is 0 Å². The van der Waals surface area contributed by atoms with Gasteiger partial charge in [0.15, 0.2) is 0 Å². The molecule has 0 saturated carbocycles. The molecular formula is C11H12F3NOS. The molecule has 0 fully saturated rings. The lowest BCUT2D eigenvalue weighted by atomic mass is 10.0. The summed E-state index contributed by atoms with van der Waals surface area (Å²) in [5, 5.41) is 0. The van der Waals surface area contributed by atoms with Crippen LogP contribution < -0.4 is 5.73 Å². The quantitative estimate of drug-likeness (QED) is 0.849. The van der Waals surface area contributed by atoms with Crippen molar-refractivity contribution < 1.29 is 18.0 Å². The number of primary amides is 1. The summed E-state index contributed by atoms with van der Waals surface area (Å²) in [6.45, 7) is 1.68. The van der Waals surface area contributed by atoms with Gasteiger partial charge in [0.1, 0.15) is 0 Å². The summed E-state index contributed by atoms with van der Waals surface area (Å²) in [5.41, 5.74) is 1.62. The third kappa shape index (κ3) is 5.12. The molecule has 0 aliphatic heterocycles. The first kappa shape index (κ1) is 13.9. The SMILES string of the molecule is CC(Cc1ccc(SC(F)(F)F)cc1)C(N)=O. The highest BCUT2D eigenvalue weighted by Crippen LogP contribution is 2.36. The maximum atomic E-state index is 12.1. The number of benzene rings is 1. The number of halogens is 3. The van der Waals surface area contributed by atoms with Gasteiger partial charge in [-0.2, -0.15) is 13.2 Å². The van der Waals surface area contributed by atoms with Crippen LogP contribution in [0.1, 0.15) is 12.5 Å². The van der Waals surface area contributed by atoms with Gasteiger partial charge in [-0.15, -0.1) is 0 Å². The lowest BCUT2D eigenvalue weighted by molar-refractivity contribution is -0.121. The second-order valence-electron chi connectivity index (χ2n) is 3.70. The van der Waals surface area contributed by atoms with Gasteiger partial charge in [0, 0.05) is 10.8 Å². The zero-order valence-electron chi connectivity index (χ0n) is 9.12. The average molecular weight is 263 g/mol. The number of alkyl halides is 3. The Labute approximate surface area is 101 Å². The van der Waals surface area contributed by atoms with Gasteiger partial charge in [-0.05, 0) is 35.9 Å². The van der Waals surface area contributed by atoms with Crippen LogP contribution in [0.2, 0.25) is 0 Å². The molecule has 0 bridgehead atoms. The number of nitrogens with two attached hydrogens (primary N) is 1. The van der Waals surface area contributed by atoms with Crippen molar-refractivity contribution in [3.8, 4) is 0 Å². The van der Waals surface area contributed by atoms with Gasteiger partial charge in [-0.1, -0.05) is 19.1 Å². The molecule has 2 nitrogen and oxygen atoms in total. The molecule has 1 aromatic carbocycles. The summed E-state index contributed by atoms with van der Waals surface area (Å²) in [6, 6.07) is 5.93. The summed E-state index contributed by atoms with van der Waals surface area (Å²) in [7, 11) is 0. The molecule has 1 atom stereocenters. The van der Waals surface area contributed by atoms with E-state index in [-0.39, 0.29) is 22.6 Å². The number of thioether (sulfide) groups is 1. The van der Waals surface area contributed by atoms with Crippen molar-refractivity contribution in [1.82, 2.24) is 0 Å². The molecule has 0 aromatic heterocycles. The molecule has 0 aliphatic rings. The summed E-state index contributed by atoms with van der Waals surface area (Å²) in [4.78, 5) is 11.0. The van der Waals surface area contributed by atoms with Crippen LogP contribution in [-0.4, -0.2) is 11.4 Å². The molecule has 0 saturated heterocycles. The Morgan fingerprint density at radius 1 is 1.35 bits per heavy atom. The molecular weight excluding hydrogens is 251 g/mol. The van der Waals surface area contributed by atoms with E-state index in [1.165, 1.54) is 12.1 Å². The summed E-state index contributed by atoms with van der Waals surface area (Å²) < 4.78 is 36.2. The van der Waals surface area contributed by atoms with Gasteiger partial charge in [0.2, 0.25) is 5.91 Å². The van der Waals surface area contributed by atoms with Crippen molar-refractivity contribution in [3.63, 3.8) is 0 Å². The second kappa shape index (κ2) is 5.44. The minimum atomic E-state index is -4.28. The van der Waals surface area contributed by atoms with E-state index in [0.29, 0.717) is 6.42 Å². The zero-order chi connectivity index (χ0) is 13.1. The third-order valence-corrected chi connectivity index (χ3v) is 2.92. The van der Waals surface area contributed by atoms with Crippen LogP contribution in [0, 0.1) is 5.92 Å². The first-order valence-corrected chi connectivity index (χ1v) is 5.73. The van der Waals surface area contributed by atoms with Crippen LogP contribution in [-0.2, 0) is 11.2 Å². The lowest BCUT2D eigenvalue weighted by Crippen LogP contribution is -2.22. The molecule has 1 amide bonds. The number of rotatable bonds is 4. The standard InChI is InChI=1S/C11H12F3NOS/c1-7(10(15)16)6-8-2-4-9(5-3-8)17-11(12,13)14/h2-5,7H,6H2,1H3,(H2,15,16). The number of hydrogen-bond acceptors (Lipinski definition) is 2. The van der Waals surface area contributed by atoms with Crippen LogP contribution in [0.4, 0.5) is 13.2 Å². The van der Waals surface area contributed by atoms with Gasteiger partial charge >= 0.3 is 5.51 Å². The van der Waals surface area contributed by atoms with Gasteiger partial charge in [-0.3, -0.25) is 4.79 Å². The molecule has 17 heavy (non-hydrogen) atoms. The van der Waals surface area contributed by atoms with Crippen molar-refractivity contribution in [2.24, 2.45) is 11.7 Å². The molecule has 6 heteroatoms. The lowest BCUT2D eigenvalue weighted by Gasteiger charge is -2.09. The minimum Gasteiger partial charge on any atom is -0.369 e. The molecule has 94 valence electrons. The predicted molar refractivity (Wildman–Crippen MR) is 60.4 cm³/mol. The monoisotopic (exact) mass is 263 g/mol. The number of hydrogen-bond donors (Lipinski definition) is 1. The second-order valence-corrected chi connectivity index (χ2v) is 4.84. The van der Waals surface area contributed by atoms with Crippen LogP contribution in [0.15, 0.2) is 29.2 Å². The van der Waals surface area contributed by atoms with Crippen molar-refractivity contribution in [3.05, 3.63) is 29.8 Å². The molecule has 0 spiro atoms. The number of amides is 1. The molecule has 1 aromatic rings. The van der Waals surface area contributed by atoms with Crippen molar-refractivity contribution in [1.29, 1.82) is 0 Å². The van der Waals surface area contributed by atoms with Crippen LogP contribution in [0.25, 0.3) is 0 Å². The van der Waals surface area contributed by atoms with E-state index >= 15 is 0 Å². The van der Waals surface area contributed by atoms with E-state index < -0.39 is 11.4 Å². The Kier molecular flexibility index (Phi) is 4.45. The van der Waals surface area contributed by atoms with Gasteiger partial charge in [0.25, 0.3) is 0 Å². The van der Waals surface area contributed by atoms with Gasteiger partial charge in [-0.25, -0.2) is 0 Å². The molecule has 1 unspecified atom stereocenters. The van der Waals surface area contributed by atoms with Crippen LogP contribution >= 0.6 is 11.8 Å². The normalized spacial score (nSPS) is 13.4. The Hall–Kier alpha value is -1.17. The minimum absolute atomic E-state index is 0.132. The Morgan fingerprint density at radius 3 is 2.29 bits per heavy atom. The molecule has 2 N–H and O–H groups in total. The summed E-state index contributed by atoms with van der Waals surface area (Å²) >= 11 is -0.157. The van der Waals surface area contributed by atoms with E-state index in [4.69, 9.17) is 5.73 Å². The van der Waals surface area contributed by atoms with E-state index in [2.05, 4.69) is 0 Å². The smallest absolute Gasteiger partial charge is 0.369 e. The topological polar surface area (TPSA) is 43.1 Å². The fourth-order valence-electron chi connectivity index (χ4n) is 1.28. The number of carbonyl (C=O) groups is 1. The zero-order valence-corrected chi connectivity index (χ0v) is 9.94. The molecule has 0 heterocycles. The van der Waals surface area contributed by atoms with E-state index in [9.17, 15) is 18.0 Å². The van der Waals surface area contributed by atoms with Crippen molar-refractivity contribution >= 4 is 17.7 Å². The molecule has 1 rings (SSSR count). The molecule has 0 aliphatic carbocycles. The maximum Gasteiger partial charge on any atom is 0.446 e. The summed E-state index contributed by atoms with van der Waals surface area (Å²) in [6.07, 6.45) is 0.437. The Bertz CT molecular complexity index is 389. The highest BCUT2D eigenvalue weighted by atomic mass is 32.2. The third-order valence-electron chi connectivity index (χ3n) is 2.18. The summed E-state index contributed by atoms with van der Waals surface area (Å²) in [5.74, 6) is -0.741. The maximum absolute atomic E-state index is 12.1. The number of carbonyl (C=O) groups excluding carboxylic acids is 1. The average Bonchev–Trinajstić information content (AvgIpc) is 2.18. The van der Waals surface area contributed by atoms with E-state index in [1.807, 2.05) is 0 Å².